The Kier molecular flexibility index (Phi) is 8.08. The first-order chi connectivity index (χ1) is 18.5. The molecule has 5 rings (SSSR count). The Bertz CT molecular complexity index is 1270. The van der Waals surface area contributed by atoms with E-state index in [1.54, 1.807) is 14.0 Å². The van der Waals surface area contributed by atoms with Gasteiger partial charge in [0.1, 0.15) is 16.5 Å². The van der Waals surface area contributed by atoms with Crippen molar-refractivity contribution < 1.29 is 19.4 Å². The van der Waals surface area contributed by atoms with Crippen molar-refractivity contribution in [2.45, 2.75) is 45.3 Å². The van der Waals surface area contributed by atoms with Crippen LogP contribution in [0.1, 0.15) is 46.6 Å². The Labute approximate surface area is 225 Å². The molecule has 0 bridgehead atoms. The van der Waals surface area contributed by atoms with Crippen LogP contribution in [0, 0.1) is 6.92 Å². The zero-order chi connectivity index (χ0) is 26.5. The Morgan fingerprint density at radius 3 is 2.66 bits per heavy atom. The molecule has 0 radical (unpaired) electrons. The number of benzene rings is 1. The fraction of sp³-hybridized carbons (Fsp3) is 0.462. The molecule has 2 aliphatic rings. The minimum atomic E-state index is -0.998. The molecule has 11 nitrogen and oxygen atoms in total. The maximum atomic E-state index is 11.5. The van der Waals surface area contributed by atoms with Crippen molar-refractivity contribution in [3.05, 3.63) is 40.4 Å². The zero-order valence-electron chi connectivity index (χ0n) is 21.6. The number of carboxylic acids is 1. The number of carbonyl (C=O) groups is 1. The molecule has 2 aromatic heterocycles. The lowest BCUT2D eigenvalue weighted by atomic mass is 10.2. The number of carboxylic acid groups (broad SMARTS) is 1. The number of thiazole rings is 1. The van der Waals surface area contributed by atoms with Crippen LogP contribution in [0.5, 0.6) is 11.5 Å². The van der Waals surface area contributed by atoms with Crippen molar-refractivity contribution in [1.29, 1.82) is 0 Å². The van der Waals surface area contributed by atoms with Gasteiger partial charge in [-0.2, -0.15) is 9.97 Å². The van der Waals surface area contributed by atoms with Crippen LogP contribution in [0.3, 0.4) is 0 Å². The lowest BCUT2D eigenvalue weighted by Gasteiger charge is -2.28. The third kappa shape index (κ3) is 6.25. The predicted molar refractivity (Wildman–Crippen MR) is 147 cm³/mol. The van der Waals surface area contributed by atoms with Crippen molar-refractivity contribution in [2.24, 2.45) is 0 Å². The molecule has 3 heterocycles. The van der Waals surface area contributed by atoms with Gasteiger partial charge in [-0.25, -0.2) is 9.78 Å². The minimum Gasteiger partial charge on any atom is -0.493 e. The topological polar surface area (TPSA) is 134 Å². The molecule has 12 heteroatoms. The Hall–Kier alpha value is -3.64. The summed E-state index contributed by atoms with van der Waals surface area (Å²) in [6, 6.07) is 7.90. The number of rotatable bonds is 10. The van der Waals surface area contributed by atoms with E-state index in [2.05, 4.69) is 30.8 Å². The van der Waals surface area contributed by atoms with Crippen molar-refractivity contribution in [2.75, 3.05) is 48.8 Å². The number of nitrogens with zero attached hydrogens (tertiary/aromatic N) is 4. The van der Waals surface area contributed by atoms with Crippen LogP contribution in [-0.2, 0) is 6.54 Å². The second-order valence-electron chi connectivity index (χ2n) is 9.40. The second kappa shape index (κ2) is 11.8. The summed E-state index contributed by atoms with van der Waals surface area (Å²) in [6.45, 7) is 5.61. The van der Waals surface area contributed by atoms with E-state index in [0.717, 1.165) is 73.2 Å². The standard InChI is InChI=1S/C26H33N7O4S/c1-16-23(24(34)35)38-26(29-16)32-25-30-21(14-22(31-25)33-11-9-27-10-12-33)28-15-17-7-8-19(36-2)20(13-17)37-18-5-3-4-6-18/h7-8,13-14,18,27H,3-6,9-12,15H2,1-2H3,(H,34,35)(H2,28,29,30,31,32). The van der Waals surface area contributed by atoms with Gasteiger partial charge in [-0.1, -0.05) is 17.4 Å². The zero-order valence-corrected chi connectivity index (χ0v) is 22.4. The second-order valence-corrected chi connectivity index (χ2v) is 10.4. The highest BCUT2D eigenvalue weighted by Crippen LogP contribution is 2.33. The molecule has 4 N–H and O–H groups in total. The van der Waals surface area contributed by atoms with Gasteiger partial charge in [0.05, 0.1) is 18.9 Å². The third-order valence-corrected chi connectivity index (χ3v) is 7.72. The molecule has 1 aromatic carbocycles. The van der Waals surface area contributed by atoms with Gasteiger partial charge in [0.15, 0.2) is 16.6 Å². The summed E-state index contributed by atoms with van der Waals surface area (Å²) in [5, 5.41) is 19.7. The van der Waals surface area contributed by atoms with Gasteiger partial charge in [-0.15, -0.1) is 0 Å². The number of aryl methyl sites for hydroxylation is 1. The van der Waals surface area contributed by atoms with Crippen molar-refractivity contribution >= 4 is 40.0 Å². The van der Waals surface area contributed by atoms with E-state index >= 15 is 0 Å². The number of nitrogens with one attached hydrogen (secondary N) is 3. The van der Waals surface area contributed by atoms with E-state index in [-0.39, 0.29) is 11.0 Å². The largest absolute Gasteiger partial charge is 0.493 e. The number of piperazine rings is 1. The highest BCUT2D eigenvalue weighted by molar-refractivity contribution is 7.17. The number of ether oxygens (including phenoxy) is 2. The summed E-state index contributed by atoms with van der Waals surface area (Å²) in [7, 11) is 1.66. The molecule has 0 atom stereocenters. The van der Waals surface area contributed by atoms with E-state index in [0.29, 0.717) is 29.1 Å². The smallest absolute Gasteiger partial charge is 0.347 e. The van der Waals surface area contributed by atoms with Crippen LogP contribution in [0.25, 0.3) is 0 Å². The summed E-state index contributed by atoms with van der Waals surface area (Å²) < 4.78 is 11.8. The average molecular weight is 540 g/mol. The first-order valence-electron chi connectivity index (χ1n) is 12.9. The summed E-state index contributed by atoms with van der Waals surface area (Å²) in [5.74, 6) is 2.29. The Balaban J connectivity index is 1.36. The maximum Gasteiger partial charge on any atom is 0.347 e. The SMILES string of the molecule is COc1ccc(CNc2cc(N3CCNCC3)nc(Nc3nc(C)c(C(=O)O)s3)n2)cc1OC1CCCC1. The van der Waals surface area contributed by atoms with Gasteiger partial charge in [0.25, 0.3) is 0 Å². The van der Waals surface area contributed by atoms with Crippen LogP contribution in [0.2, 0.25) is 0 Å². The lowest BCUT2D eigenvalue weighted by Crippen LogP contribution is -2.44. The normalized spacial score (nSPS) is 15.9. The molecule has 1 aliphatic carbocycles. The highest BCUT2D eigenvalue weighted by Gasteiger charge is 2.20. The minimum absolute atomic E-state index is 0.194. The van der Waals surface area contributed by atoms with Crippen LogP contribution >= 0.6 is 11.3 Å². The third-order valence-electron chi connectivity index (χ3n) is 6.66. The Morgan fingerprint density at radius 1 is 1.16 bits per heavy atom. The number of aromatic carboxylic acids is 1. The van der Waals surface area contributed by atoms with E-state index in [1.165, 1.54) is 12.8 Å². The van der Waals surface area contributed by atoms with E-state index in [9.17, 15) is 9.90 Å². The fourth-order valence-corrected chi connectivity index (χ4v) is 5.48. The molecule has 0 spiro atoms. The highest BCUT2D eigenvalue weighted by atomic mass is 32.1. The molecule has 0 unspecified atom stereocenters. The molecule has 1 saturated heterocycles. The fourth-order valence-electron chi connectivity index (χ4n) is 4.68. The number of hydrogen-bond acceptors (Lipinski definition) is 11. The van der Waals surface area contributed by atoms with Gasteiger partial charge >= 0.3 is 5.97 Å². The molecule has 38 heavy (non-hydrogen) atoms. The number of methoxy groups -OCH3 is 1. The van der Waals surface area contributed by atoms with Gasteiger partial charge in [0, 0.05) is 38.8 Å². The summed E-state index contributed by atoms with van der Waals surface area (Å²) >= 11 is 1.07. The molecule has 2 fully saturated rings. The van der Waals surface area contributed by atoms with Crippen LogP contribution in [0.15, 0.2) is 24.3 Å². The summed E-state index contributed by atoms with van der Waals surface area (Å²) in [5.41, 5.74) is 1.49. The summed E-state index contributed by atoms with van der Waals surface area (Å²) in [6.07, 6.45) is 4.78. The van der Waals surface area contributed by atoms with Gasteiger partial charge in [-0.05, 0) is 50.3 Å². The molecule has 0 amide bonds. The van der Waals surface area contributed by atoms with E-state index in [1.807, 2.05) is 24.3 Å². The van der Waals surface area contributed by atoms with Crippen molar-refractivity contribution in [3.63, 3.8) is 0 Å². The first-order valence-corrected chi connectivity index (χ1v) is 13.7. The van der Waals surface area contributed by atoms with E-state index < -0.39 is 5.97 Å². The molecule has 202 valence electrons. The number of hydrogen-bond donors (Lipinski definition) is 4. The maximum absolute atomic E-state index is 11.5. The monoisotopic (exact) mass is 539 g/mol. The average Bonchev–Trinajstić information content (AvgIpc) is 3.57. The van der Waals surface area contributed by atoms with Gasteiger partial charge in [0.2, 0.25) is 5.95 Å². The molecule has 1 aliphatic heterocycles. The van der Waals surface area contributed by atoms with Crippen LogP contribution < -0.4 is 30.3 Å². The quantitative estimate of drug-likeness (QED) is 0.297. The van der Waals surface area contributed by atoms with Gasteiger partial charge in [-0.3, -0.25) is 5.32 Å². The van der Waals surface area contributed by atoms with Gasteiger partial charge < -0.3 is 30.1 Å². The molecule has 3 aromatic rings. The number of anilines is 4. The first kappa shape index (κ1) is 26.0. The Morgan fingerprint density at radius 2 is 1.95 bits per heavy atom. The van der Waals surface area contributed by atoms with Crippen LogP contribution in [-0.4, -0.2) is 65.4 Å². The summed E-state index contributed by atoms with van der Waals surface area (Å²) in [4.78, 5) is 27.5. The van der Waals surface area contributed by atoms with Crippen molar-refractivity contribution in [3.8, 4) is 11.5 Å². The van der Waals surface area contributed by atoms with Crippen LogP contribution in [0.4, 0.5) is 22.7 Å². The number of aromatic nitrogens is 3. The van der Waals surface area contributed by atoms with E-state index in [4.69, 9.17) is 14.5 Å². The van der Waals surface area contributed by atoms with Crippen molar-refractivity contribution in [1.82, 2.24) is 20.3 Å². The molecular formula is C26H33N7O4S. The lowest BCUT2D eigenvalue weighted by molar-refractivity contribution is 0.0701. The predicted octanol–water partition coefficient (Wildman–Crippen LogP) is 4.04. The molecule has 1 saturated carbocycles. The molecular weight excluding hydrogens is 506 g/mol.